The molecule has 0 radical (unpaired) electrons. The molecule has 106 valence electrons. The van der Waals surface area contributed by atoms with Crippen molar-refractivity contribution in [2.45, 2.75) is 32.9 Å². The maximum atomic E-state index is 6.47. The molecule has 1 aromatic carbocycles. The van der Waals surface area contributed by atoms with Crippen LogP contribution in [0.4, 0.5) is 0 Å². The van der Waals surface area contributed by atoms with Crippen LogP contribution in [0.3, 0.4) is 0 Å². The Morgan fingerprint density at radius 3 is 2.68 bits per heavy atom. The van der Waals surface area contributed by atoms with Gasteiger partial charge in [0.15, 0.2) is 0 Å². The Balaban J connectivity index is 2.01. The SMILES string of the molecule is CC1CN(CC(C)(C)C(N)c2ccccc2)CCO1. The van der Waals surface area contributed by atoms with Gasteiger partial charge >= 0.3 is 0 Å². The fourth-order valence-corrected chi connectivity index (χ4v) is 2.82. The summed E-state index contributed by atoms with van der Waals surface area (Å²) in [6, 6.07) is 10.5. The highest BCUT2D eigenvalue weighted by Gasteiger charge is 2.31. The van der Waals surface area contributed by atoms with Crippen LogP contribution in [0.1, 0.15) is 32.4 Å². The van der Waals surface area contributed by atoms with Gasteiger partial charge < -0.3 is 10.5 Å². The molecule has 1 heterocycles. The first-order valence-corrected chi connectivity index (χ1v) is 7.13. The van der Waals surface area contributed by atoms with Crippen LogP contribution in [0.25, 0.3) is 0 Å². The number of hydrogen-bond donors (Lipinski definition) is 1. The van der Waals surface area contributed by atoms with Crippen molar-refractivity contribution in [2.75, 3.05) is 26.2 Å². The zero-order valence-corrected chi connectivity index (χ0v) is 12.3. The number of ether oxygens (including phenoxy) is 1. The van der Waals surface area contributed by atoms with Gasteiger partial charge in [-0.15, -0.1) is 0 Å². The van der Waals surface area contributed by atoms with E-state index in [9.17, 15) is 0 Å². The molecular weight excluding hydrogens is 236 g/mol. The number of rotatable bonds is 4. The molecule has 2 atom stereocenters. The minimum absolute atomic E-state index is 0.0540. The van der Waals surface area contributed by atoms with E-state index in [1.807, 2.05) is 6.07 Å². The molecule has 19 heavy (non-hydrogen) atoms. The maximum Gasteiger partial charge on any atom is 0.0674 e. The minimum Gasteiger partial charge on any atom is -0.376 e. The van der Waals surface area contributed by atoms with E-state index in [1.54, 1.807) is 0 Å². The Morgan fingerprint density at radius 1 is 1.37 bits per heavy atom. The van der Waals surface area contributed by atoms with E-state index in [-0.39, 0.29) is 11.5 Å². The van der Waals surface area contributed by atoms with E-state index in [1.165, 1.54) is 5.56 Å². The number of benzene rings is 1. The van der Waals surface area contributed by atoms with Crippen LogP contribution in [0.2, 0.25) is 0 Å². The second kappa shape index (κ2) is 6.04. The van der Waals surface area contributed by atoms with Crippen molar-refractivity contribution >= 4 is 0 Å². The predicted molar refractivity (Wildman–Crippen MR) is 79.0 cm³/mol. The number of morpholine rings is 1. The third-order valence-corrected chi connectivity index (χ3v) is 3.96. The first-order valence-electron chi connectivity index (χ1n) is 7.13. The second-order valence-corrected chi connectivity index (χ2v) is 6.29. The van der Waals surface area contributed by atoms with Crippen LogP contribution < -0.4 is 5.73 Å². The molecule has 2 N–H and O–H groups in total. The fourth-order valence-electron chi connectivity index (χ4n) is 2.82. The Kier molecular flexibility index (Phi) is 4.61. The molecule has 1 aliphatic heterocycles. The molecule has 3 heteroatoms. The number of hydrogen-bond acceptors (Lipinski definition) is 3. The topological polar surface area (TPSA) is 38.5 Å². The van der Waals surface area contributed by atoms with Crippen LogP contribution in [0, 0.1) is 5.41 Å². The van der Waals surface area contributed by atoms with Crippen LogP contribution in [-0.4, -0.2) is 37.2 Å². The van der Waals surface area contributed by atoms with Crippen LogP contribution in [0.15, 0.2) is 30.3 Å². The quantitative estimate of drug-likeness (QED) is 0.905. The maximum absolute atomic E-state index is 6.47. The first-order chi connectivity index (χ1) is 8.99. The molecule has 1 aromatic rings. The monoisotopic (exact) mass is 262 g/mol. The molecule has 0 bridgehead atoms. The van der Waals surface area contributed by atoms with E-state index < -0.39 is 0 Å². The summed E-state index contributed by atoms with van der Waals surface area (Å²) in [6.45, 7) is 10.5. The third kappa shape index (κ3) is 3.78. The Morgan fingerprint density at radius 2 is 2.05 bits per heavy atom. The zero-order chi connectivity index (χ0) is 13.9. The van der Waals surface area contributed by atoms with E-state index in [0.29, 0.717) is 6.10 Å². The first kappa shape index (κ1) is 14.5. The van der Waals surface area contributed by atoms with Crippen LogP contribution >= 0.6 is 0 Å². The normalized spacial score (nSPS) is 23.3. The van der Waals surface area contributed by atoms with E-state index >= 15 is 0 Å². The van der Waals surface area contributed by atoms with Crippen LogP contribution in [0.5, 0.6) is 0 Å². The molecule has 0 amide bonds. The lowest BCUT2D eigenvalue weighted by atomic mass is 9.80. The summed E-state index contributed by atoms with van der Waals surface area (Å²) in [5, 5.41) is 0. The van der Waals surface area contributed by atoms with Gasteiger partial charge in [-0.25, -0.2) is 0 Å². The predicted octanol–water partition coefficient (Wildman–Crippen LogP) is 2.43. The molecular formula is C16H26N2O. The van der Waals surface area contributed by atoms with E-state index in [4.69, 9.17) is 10.5 Å². The van der Waals surface area contributed by atoms with Crippen molar-refractivity contribution in [3.05, 3.63) is 35.9 Å². The van der Waals surface area contributed by atoms with Gasteiger partial charge in [-0.05, 0) is 17.9 Å². The molecule has 0 saturated carbocycles. The van der Waals surface area contributed by atoms with Crippen molar-refractivity contribution < 1.29 is 4.74 Å². The van der Waals surface area contributed by atoms with Gasteiger partial charge in [0.25, 0.3) is 0 Å². The highest BCUT2D eigenvalue weighted by molar-refractivity contribution is 5.20. The summed E-state index contributed by atoms with van der Waals surface area (Å²) in [6.07, 6.45) is 0.331. The smallest absolute Gasteiger partial charge is 0.0674 e. The van der Waals surface area contributed by atoms with Gasteiger partial charge in [-0.1, -0.05) is 44.2 Å². The molecule has 0 aromatic heterocycles. The van der Waals surface area contributed by atoms with Crippen molar-refractivity contribution in [1.82, 2.24) is 4.90 Å². The number of nitrogens with two attached hydrogens (primary N) is 1. The Labute approximate surface area is 116 Å². The van der Waals surface area contributed by atoms with E-state index in [2.05, 4.69) is 49.9 Å². The zero-order valence-electron chi connectivity index (χ0n) is 12.3. The minimum atomic E-state index is 0.0540. The third-order valence-electron chi connectivity index (χ3n) is 3.96. The molecule has 0 aliphatic carbocycles. The molecule has 3 nitrogen and oxygen atoms in total. The van der Waals surface area contributed by atoms with Crippen molar-refractivity contribution in [3.8, 4) is 0 Å². The summed E-state index contributed by atoms with van der Waals surface area (Å²) in [7, 11) is 0. The van der Waals surface area contributed by atoms with Crippen LogP contribution in [-0.2, 0) is 4.74 Å². The van der Waals surface area contributed by atoms with Crippen molar-refractivity contribution in [2.24, 2.45) is 11.1 Å². The Hall–Kier alpha value is -0.900. The lowest BCUT2D eigenvalue weighted by Crippen LogP contribution is -2.47. The molecule has 2 unspecified atom stereocenters. The lowest BCUT2D eigenvalue weighted by molar-refractivity contribution is -0.0315. The number of nitrogens with zero attached hydrogens (tertiary/aromatic N) is 1. The summed E-state index contributed by atoms with van der Waals surface area (Å²) >= 11 is 0. The van der Waals surface area contributed by atoms with Gasteiger partial charge in [0, 0.05) is 25.7 Å². The molecule has 1 saturated heterocycles. The summed E-state index contributed by atoms with van der Waals surface area (Å²) in [4.78, 5) is 2.47. The van der Waals surface area contributed by atoms with Gasteiger partial charge in [0.1, 0.15) is 0 Å². The van der Waals surface area contributed by atoms with E-state index in [0.717, 1.165) is 26.2 Å². The standard InChI is InChI=1S/C16H26N2O/c1-13-11-18(9-10-19-13)12-16(2,3)15(17)14-7-5-4-6-8-14/h4-8,13,15H,9-12,17H2,1-3H3. The van der Waals surface area contributed by atoms with Crippen molar-refractivity contribution in [1.29, 1.82) is 0 Å². The molecule has 0 spiro atoms. The fraction of sp³-hybridized carbons (Fsp3) is 0.625. The molecule has 1 fully saturated rings. The summed E-state index contributed by atoms with van der Waals surface area (Å²) in [5.41, 5.74) is 7.74. The average molecular weight is 262 g/mol. The summed E-state index contributed by atoms with van der Waals surface area (Å²) in [5.74, 6) is 0. The van der Waals surface area contributed by atoms with Gasteiger partial charge in [0.2, 0.25) is 0 Å². The highest BCUT2D eigenvalue weighted by atomic mass is 16.5. The highest BCUT2D eigenvalue weighted by Crippen LogP contribution is 2.32. The van der Waals surface area contributed by atoms with Crippen molar-refractivity contribution in [3.63, 3.8) is 0 Å². The Bertz CT molecular complexity index is 391. The largest absolute Gasteiger partial charge is 0.376 e. The van der Waals surface area contributed by atoms with Gasteiger partial charge in [0.05, 0.1) is 12.7 Å². The van der Waals surface area contributed by atoms with Gasteiger partial charge in [-0.3, -0.25) is 4.90 Å². The second-order valence-electron chi connectivity index (χ2n) is 6.29. The average Bonchev–Trinajstić information content (AvgIpc) is 2.38. The molecule has 1 aliphatic rings. The molecule has 2 rings (SSSR count). The lowest BCUT2D eigenvalue weighted by Gasteiger charge is -2.40. The summed E-state index contributed by atoms with van der Waals surface area (Å²) < 4.78 is 5.59. The van der Waals surface area contributed by atoms with Gasteiger partial charge in [-0.2, -0.15) is 0 Å².